The van der Waals surface area contributed by atoms with Crippen LogP contribution in [0.3, 0.4) is 0 Å². The summed E-state index contributed by atoms with van der Waals surface area (Å²) in [5, 5.41) is 20.6. The predicted octanol–water partition coefficient (Wildman–Crippen LogP) is 1.46. The molecule has 1 aromatic carbocycles. The number of nitrogens with one attached hydrogen (secondary N) is 1. The molecular weight excluding hydrogens is 240 g/mol. The van der Waals surface area contributed by atoms with Gasteiger partial charge in [0.15, 0.2) is 0 Å². The van der Waals surface area contributed by atoms with Gasteiger partial charge < -0.3 is 15.0 Å². The lowest BCUT2D eigenvalue weighted by molar-refractivity contribution is 0.475. The fourth-order valence-corrected chi connectivity index (χ4v) is 1.65. The van der Waals surface area contributed by atoms with Gasteiger partial charge >= 0.3 is 0 Å². The Morgan fingerprint density at radius 1 is 1.41 bits per heavy atom. The van der Waals surface area contributed by atoms with Gasteiger partial charge in [-0.25, -0.2) is 0 Å². The first-order valence-corrected chi connectivity index (χ1v) is 5.55. The van der Waals surface area contributed by atoms with Crippen LogP contribution >= 0.6 is 11.6 Å². The van der Waals surface area contributed by atoms with E-state index < -0.39 is 0 Å². The highest BCUT2D eigenvalue weighted by Crippen LogP contribution is 2.23. The van der Waals surface area contributed by atoms with E-state index in [2.05, 4.69) is 15.5 Å². The van der Waals surface area contributed by atoms with Gasteiger partial charge in [0, 0.05) is 13.6 Å². The number of phenols is 1. The Hall–Kier alpha value is -1.59. The summed E-state index contributed by atoms with van der Waals surface area (Å²) >= 11 is 5.81. The molecule has 0 radical (unpaired) electrons. The monoisotopic (exact) mass is 252 g/mol. The maximum absolute atomic E-state index is 9.28. The third-order valence-corrected chi connectivity index (χ3v) is 2.73. The number of phenolic OH excluding ortho intramolecular Hbond substituents is 1. The van der Waals surface area contributed by atoms with Crippen LogP contribution in [-0.2, 0) is 20.1 Å². The summed E-state index contributed by atoms with van der Waals surface area (Å²) in [6.45, 7) is 1.29. The minimum Gasteiger partial charge on any atom is -0.506 e. The van der Waals surface area contributed by atoms with Crippen molar-refractivity contribution in [2.24, 2.45) is 7.05 Å². The molecule has 1 aromatic heterocycles. The summed E-state index contributed by atoms with van der Waals surface area (Å²) in [6.07, 6.45) is 1.66. The van der Waals surface area contributed by atoms with Gasteiger partial charge in [0.25, 0.3) is 0 Å². The Kier molecular flexibility index (Phi) is 3.61. The van der Waals surface area contributed by atoms with E-state index in [0.29, 0.717) is 18.1 Å². The van der Waals surface area contributed by atoms with E-state index in [4.69, 9.17) is 11.6 Å². The maximum Gasteiger partial charge on any atom is 0.146 e. The van der Waals surface area contributed by atoms with Gasteiger partial charge in [-0.2, -0.15) is 0 Å². The fraction of sp³-hybridized carbons (Fsp3) is 0.273. The maximum atomic E-state index is 9.28. The summed E-state index contributed by atoms with van der Waals surface area (Å²) in [4.78, 5) is 0. The molecule has 0 atom stereocenters. The van der Waals surface area contributed by atoms with Gasteiger partial charge in [-0.1, -0.05) is 17.7 Å². The van der Waals surface area contributed by atoms with Crippen LogP contribution in [0.1, 0.15) is 11.4 Å². The Bertz CT molecular complexity index is 512. The average Bonchev–Trinajstić information content (AvgIpc) is 2.70. The number of aromatic nitrogens is 3. The number of nitrogens with zero attached hydrogens (tertiary/aromatic N) is 3. The molecule has 2 N–H and O–H groups in total. The summed E-state index contributed by atoms with van der Waals surface area (Å²) in [5.41, 5.74) is 1.01. The molecule has 17 heavy (non-hydrogen) atoms. The predicted molar refractivity (Wildman–Crippen MR) is 64.7 cm³/mol. The average molecular weight is 253 g/mol. The molecule has 0 unspecified atom stereocenters. The van der Waals surface area contributed by atoms with Crippen molar-refractivity contribution in [3.8, 4) is 5.75 Å². The summed E-state index contributed by atoms with van der Waals surface area (Å²) in [6, 6.07) is 5.15. The van der Waals surface area contributed by atoms with Crippen molar-refractivity contribution in [3.05, 3.63) is 40.9 Å². The lowest BCUT2D eigenvalue weighted by Gasteiger charge is -2.05. The molecule has 5 nitrogen and oxygen atoms in total. The van der Waals surface area contributed by atoms with Crippen molar-refractivity contribution in [1.29, 1.82) is 0 Å². The van der Waals surface area contributed by atoms with Gasteiger partial charge in [-0.15, -0.1) is 10.2 Å². The molecule has 6 heteroatoms. The molecule has 0 aliphatic rings. The highest BCUT2D eigenvalue weighted by atomic mass is 35.5. The van der Waals surface area contributed by atoms with Crippen molar-refractivity contribution < 1.29 is 5.11 Å². The van der Waals surface area contributed by atoms with Gasteiger partial charge in [0.1, 0.15) is 17.9 Å². The molecule has 2 rings (SSSR count). The van der Waals surface area contributed by atoms with Gasteiger partial charge in [0.05, 0.1) is 11.6 Å². The van der Waals surface area contributed by atoms with Crippen molar-refractivity contribution in [2.75, 3.05) is 0 Å². The molecule has 0 bridgehead atoms. The summed E-state index contributed by atoms with van der Waals surface area (Å²) in [5.74, 6) is 0.971. The molecule has 1 heterocycles. The Labute approximate surface area is 104 Å². The number of hydrogen-bond acceptors (Lipinski definition) is 4. The molecule has 90 valence electrons. The van der Waals surface area contributed by atoms with E-state index >= 15 is 0 Å². The molecule has 2 aromatic rings. The number of benzene rings is 1. The van der Waals surface area contributed by atoms with Crippen molar-refractivity contribution in [3.63, 3.8) is 0 Å². The van der Waals surface area contributed by atoms with Crippen LogP contribution in [0.25, 0.3) is 0 Å². The highest BCUT2D eigenvalue weighted by molar-refractivity contribution is 6.32. The zero-order valence-corrected chi connectivity index (χ0v) is 10.1. The van der Waals surface area contributed by atoms with Crippen LogP contribution in [0.4, 0.5) is 0 Å². The van der Waals surface area contributed by atoms with E-state index in [0.717, 1.165) is 11.4 Å². The molecule has 0 aliphatic carbocycles. The minimum atomic E-state index is 0.101. The Balaban J connectivity index is 1.90. The van der Waals surface area contributed by atoms with Crippen LogP contribution in [-0.4, -0.2) is 19.9 Å². The lowest BCUT2D eigenvalue weighted by atomic mass is 10.2. The minimum absolute atomic E-state index is 0.101. The Morgan fingerprint density at radius 3 is 2.88 bits per heavy atom. The van der Waals surface area contributed by atoms with Crippen molar-refractivity contribution in [2.45, 2.75) is 13.1 Å². The smallest absolute Gasteiger partial charge is 0.146 e. The van der Waals surface area contributed by atoms with Crippen molar-refractivity contribution in [1.82, 2.24) is 20.1 Å². The quantitative estimate of drug-likeness (QED) is 0.865. The number of rotatable bonds is 4. The number of aromatic hydroxyl groups is 1. The van der Waals surface area contributed by atoms with Gasteiger partial charge in [-0.3, -0.25) is 0 Å². The first-order valence-electron chi connectivity index (χ1n) is 5.18. The standard InChI is InChI=1S/C11H13ClN4O/c1-16-7-14-15-11(16)6-13-5-8-2-3-10(17)9(12)4-8/h2-4,7,13,17H,5-6H2,1H3. The number of halogens is 1. The molecule has 0 saturated carbocycles. The second kappa shape index (κ2) is 5.16. The highest BCUT2D eigenvalue weighted by Gasteiger charge is 2.02. The second-order valence-corrected chi connectivity index (χ2v) is 4.15. The fourth-order valence-electron chi connectivity index (χ4n) is 1.45. The summed E-state index contributed by atoms with van der Waals surface area (Å²) in [7, 11) is 1.90. The third kappa shape index (κ3) is 2.95. The zero-order valence-electron chi connectivity index (χ0n) is 9.39. The lowest BCUT2D eigenvalue weighted by Crippen LogP contribution is -2.15. The van der Waals surface area contributed by atoms with Crippen LogP contribution in [0, 0.1) is 0 Å². The first-order chi connectivity index (χ1) is 8.16. The van der Waals surface area contributed by atoms with Crippen LogP contribution in [0.2, 0.25) is 5.02 Å². The van der Waals surface area contributed by atoms with E-state index in [9.17, 15) is 5.11 Å². The largest absolute Gasteiger partial charge is 0.506 e. The normalized spacial score (nSPS) is 10.7. The van der Waals surface area contributed by atoms with Crippen molar-refractivity contribution >= 4 is 11.6 Å². The Morgan fingerprint density at radius 2 is 2.24 bits per heavy atom. The molecular formula is C11H13ClN4O. The number of hydrogen-bond donors (Lipinski definition) is 2. The first kappa shape index (κ1) is 11.9. The molecule has 0 saturated heterocycles. The molecule has 0 fully saturated rings. The number of aryl methyl sites for hydroxylation is 1. The molecule has 0 amide bonds. The van der Waals surface area contributed by atoms with E-state index in [-0.39, 0.29) is 5.75 Å². The SMILES string of the molecule is Cn1cnnc1CNCc1ccc(O)c(Cl)c1. The van der Waals surface area contributed by atoms with E-state index in [1.165, 1.54) is 0 Å². The van der Waals surface area contributed by atoms with Crippen LogP contribution in [0.5, 0.6) is 5.75 Å². The molecule has 0 aliphatic heterocycles. The van der Waals surface area contributed by atoms with E-state index in [1.54, 1.807) is 18.5 Å². The summed E-state index contributed by atoms with van der Waals surface area (Å²) < 4.78 is 1.86. The second-order valence-electron chi connectivity index (χ2n) is 3.75. The van der Waals surface area contributed by atoms with Gasteiger partial charge in [-0.05, 0) is 17.7 Å². The van der Waals surface area contributed by atoms with Crippen LogP contribution < -0.4 is 5.32 Å². The van der Waals surface area contributed by atoms with E-state index in [1.807, 2.05) is 17.7 Å². The molecule has 0 spiro atoms. The zero-order chi connectivity index (χ0) is 12.3. The van der Waals surface area contributed by atoms with Gasteiger partial charge in [0.2, 0.25) is 0 Å². The van der Waals surface area contributed by atoms with Crippen LogP contribution in [0.15, 0.2) is 24.5 Å². The topological polar surface area (TPSA) is 63.0 Å². The third-order valence-electron chi connectivity index (χ3n) is 2.43.